The van der Waals surface area contributed by atoms with Crippen LogP contribution >= 0.6 is 0 Å². The zero-order valence-electron chi connectivity index (χ0n) is 26.8. The molecule has 0 aliphatic heterocycles. The van der Waals surface area contributed by atoms with Gasteiger partial charge in [-0.1, -0.05) is 52.4 Å². The molecule has 0 N–H and O–H groups in total. The Morgan fingerprint density at radius 1 is 0.333 bits per heavy atom. The number of ether oxygens (including phenoxy) is 10. The molecule has 0 bridgehead atoms. The normalized spacial score (nSPS) is 11.4. The molecule has 0 atom stereocenters. The lowest BCUT2D eigenvalue weighted by Crippen LogP contribution is -2.15. The van der Waals surface area contributed by atoms with Crippen LogP contribution in [-0.2, 0) is 52.2 Å². The van der Waals surface area contributed by atoms with Gasteiger partial charge in [0.25, 0.3) is 0 Å². The van der Waals surface area contributed by atoms with Crippen molar-refractivity contribution in [3.8, 4) is 0 Å². The molecular formula is C31H62O11. The van der Waals surface area contributed by atoms with E-state index in [4.69, 9.17) is 47.4 Å². The van der Waals surface area contributed by atoms with Gasteiger partial charge in [-0.15, -0.1) is 0 Å². The Kier molecular flexibility index (Phi) is 37.3. The van der Waals surface area contributed by atoms with Gasteiger partial charge in [0.1, 0.15) is 6.61 Å². The van der Waals surface area contributed by atoms with Crippen LogP contribution in [0.15, 0.2) is 0 Å². The fourth-order valence-electron chi connectivity index (χ4n) is 3.47. The number of esters is 1. The maximum absolute atomic E-state index is 11.5. The second kappa shape index (κ2) is 38.1. The third-order valence-corrected chi connectivity index (χ3v) is 5.84. The number of carbonyl (C=O) groups excluding carboxylic acids is 1. The van der Waals surface area contributed by atoms with Crippen LogP contribution in [0.2, 0.25) is 0 Å². The van der Waals surface area contributed by atoms with E-state index in [1.54, 1.807) is 0 Å². The van der Waals surface area contributed by atoms with Gasteiger partial charge >= 0.3 is 5.97 Å². The molecule has 0 aliphatic rings. The molecule has 252 valence electrons. The van der Waals surface area contributed by atoms with Crippen molar-refractivity contribution >= 4 is 5.97 Å². The van der Waals surface area contributed by atoms with Crippen molar-refractivity contribution in [2.75, 3.05) is 126 Å². The molecule has 11 heteroatoms. The first-order chi connectivity index (χ1) is 20.8. The monoisotopic (exact) mass is 610 g/mol. The summed E-state index contributed by atoms with van der Waals surface area (Å²) in [6.07, 6.45) is 9.67. The Bertz CT molecular complexity index is 511. The molecule has 0 saturated heterocycles. The second-order valence-corrected chi connectivity index (χ2v) is 9.60. The zero-order chi connectivity index (χ0) is 30.4. The van der Waals surface area contributed by atoms with E-state index in [0.717, 1.165) is 38.7 Å². The van der Waals surface area contributed by atoms with Gasteiger partial charge in [0.15, 0.2) is 0 Å². The predicted molar refractivity (Wildman–Crippen MR) is 161 cm³/mol. The first-order valence-electron chi connectivity index (χ1n) is 16.2. The fraction of sp³-hybridized carbons (Fsp3) is 0.968. The molecule has 0 saturated carbocycles. The predicted octanol–water partition coefficient (Wildman–Crippen LogP) is 4.23. The molecule has 0 rings (SSSR count). The SMILES string of the molecule is CCCCCCOCCOCCOCCOCCOCCOCCOCCOCCOCCOC(=O)CCCCCC. The Morgan fingerprint density at radius 3 is 0.952 bits per heavy atom. The summed E-state index contributed by atoms with van der Waals surface area (Å²) in [5.74, 6) is -0.148. The Morgan fingerprint density at radius 2 is 0.619 bits per heavy atom. The standard InChI is InChI=1S/C31H62O11/c1-3-5-7-9-11-31(32)42-30-29-41-28-27-40-26-25-39-24-23-38-22-21-37-20-19-36-18-17-35-16-15-34-14-13-33-12-10-8-6-4-2/h3-30H2,1-2H3. The first-order valence-corrected chi connectivity index (χ1v) is 16.2. The molecule has 0 aromatic heterocycles. The van der Waals surface area contributed by atoms with E-state index < -0.39 is 0 Å². The summed E-state index contributed by atoms with van der Waals surface area (Å²) in [7, 11) is 0. The van der Waals surface area contributed by atoms with Crippen LogP contribution in [0.25, 0.3) is 0 Å². The van der Waals surface area contributed by atoms with Crippen LogP contribution in [0, 0.1) is 0 Å². The van der Waals surface area contributed by atoms with E-state index in [9.17, 15) is 4.79 Å². The van der Waals surface area contributed by atoms with Crippen LogP contribution in [0.3, 0.4) is 0 Å². The summed E-state index contributed by atoms with van der Waals surface area (Å²) in [6, 6.07) is 0. The van der Waals surface area contributed by atoms with Gasteiger partial charge < -0.3 is 47.4 Å². The highest BCUT2D eigenvalue weighted by atomic mass is 16.6. The van der Waals surface area contributed by atoms with Gasteiger partial charge in [-0.25, -0.2) is 0 Å². The number of rotatable bonds is 37. The molecule has 42 heavy (non-hydrogen) atoms. The maximum atomic E-state index is 11.5. The molecule has 0 amide bonds. The van der Waals surface area contributed by atoms with Crippen molar-refractivity contribution in [3.05, 3.63) is 0 Å². The van der Waals surface area contributed by atoms with Crippen LogP contribution in [0.5, 0.6) is 0 Å². The van der Waals surface area contributed by atoms with Gasteiger partial charge in [0.2, 0.25) is 0 Å². The lowest BCUT2D eigenvalue weighted by atomic mass is 10.2. The van der Waals surface area contributed by atoms with Gasteiger partial charge in [0.05, 0.1) is 112 Å². The van der Waals surface area contributed by atoms with Crippen LogP contribution < -0.4 is 0 Å². The number of hydrogen-bond acceptors (Lipinski definition) is 11. The molecule has 0 radical (unpaired) electrons. The van der Waals surface area contributed by atoms with Crippen molar-refractivity contribution in [2.24, 2.45) is 0 Å². The smallest absolute Gasteiger partial charge is 0.305 e. The molecular weight excluding hydrogens is 548 g/mol. The van der Waals surface area contributed by atoms with E-state index in [1.165, 1.54) is 19.3 Å². The lowest BCUT2D eigenvalue weighted by Gasteiger charge is -2.09. The minimum Gasteiger partial charge on any atom is -0.463 e. The van der Waals surface area contributed by atoms with E-state index in [2.05, 4.69) is 13.8 Å². The van der Waals surface area contributed by atoms with Crippen molar-refractivity contribution < 1.29 is 52.2 Å². The zero-order valence-corrected chi connectivity index (χ0v) is 26.8. The van der Waals surface area contributed by atoms with Crippen molar-refractivity contribution in [3.63, 3.8) is 0 Å². The second-order valence-electron chi connectivity index (χ2n) is 9.60. The topological polar surface area (TPSA) is 109 Å². The van der Waals surface area contributed by atoms with E-state index >= 15 is 0 Å². The minimum atomic E-state index is -0.148. The summed E-state index contributed by atoms with van der Waals surface area (Å²) in [5, 5.41) is 0. The summed E-state index contributed by atoms with van der Waals surface area (Å²) in [4.78, 5) is 11.5. The quantitative estimate of drug-likeness (QED) is 0.0745. The van der Waals surface area contributed by atoms with Crippen LogP contribution in [0.4, 0.5) is 0 Å². The Labute approximate surface area is 255 Å². The summed E-state index contributed by atoms with van der Waals surface area (Å²) in [6.45, 7) is 14.3. The Balaban J connectivity index is 3.07. The number of hydrogen-bond donors (Lipinski definition) is 0. The largest absolute Gasteiger partial charge is 0.463 e. The highest BCUT2D eigenvalue weighted by molar-refractivity contribution is 5.69. The summed E-state index contributed by atoms with van der Waals surface area (Å²) < 4.78 is 54.3. The van der Waals surface area contributed by atoms with Crippen molar-refractivity contribution in [2.45, 2.75) is 71.6 Å². The summed E-state index contributed by atoms with van der Waals surface area (Å²) in [5.41, 5.74) is 0. The lowest BCUT2D eigenvalue weighted by molar-refractivity contribution is -0.145. The van der Waals surface area contributed by atoms with Gasteiger partial charge in [-0.3, -0.25) is 4.79 Å². The molecule has 0 aliphatic carbocycles. The average molecular weight is 611 g/mol. The van der Waals surface area contributed by atoms with Crippen molar-refractivity contribution in [1.29, 1.82) is 0 Å². The fourth-order valence-corrected chi connectivity index (χ4v) is 3.47. The van der Waals surface area contributed by atoms with E-state index in [1.807, 2.05) is 0 Å². The molecule has 0 heterocycles. The minimum absolute atomic E-state index is 0.148. The van der Waals surface area contributed by atoms with Crippen molar-refractivity contribution in [1.82, 2.24) is 0 Å². The molecule has 0 aromatic rings. The molecule has 0 aromatic carbocycles. The third kappa shape index (κ3) is 37.1. The average Bonchev–Trinajstić information content (AvgIpc) is 3.00. The van der Waals surface area contributed by atoms with E-state index in [0.29, 0.717) is 119 Å². The third-order valence-electron chi connectivity index (χ3n) is 5.84. The van der Waals surface area contributed by atoms with Crippen LogP contribution in [-0.4, -0.2) is 132 Å². The van der Waals surface area contributed by atoms with Gasteiger partial charge in [-0.05, 0) is 12.8 Å². The highest BCUT2D eigenvalue weighted by Gasteiger charge is 2.02. The van der Waals surface area contributed by atoms with Gasteiger partial charge in [0, 0.05) is 13.0 Å². The highest BCUT2D eigenvalue weighted by Crippen LogP contribution is 2.03. The first kappa shape index (κ1) is 41.1. The Hall–Kier alpha value is -0.890. The number of carbonyl (C=O) groups is 1. The number of unbranched alkanes of at least 4 members (excludes halogenated alkanes) is 6. The maximum Gasteiger partial charge on any atom is 0.305 e. The molecule has 11 nitrogen and oxygen atoms in total. The summed E-state index contributed by atoms with van der Waals surface area (Å²) >= 11 is 0. The molecule has 0 unspecified atom stereocenters. The van der Waals surface area contributed by atoms with Gasteiger partial charge in [-0.2, -0.15) is 0 Å². The molecule has 0 spiro atoms. The molecule has 0 fully saturated rings. The van der Waals surface area contributed by atoms with E-state index in [-0.39, 0.29) is 12.6 Å². The van der Waals surface area contributed by atoms with Crippen LogP contribution in [0.1, 0.15) is 71.6 Å².